The van der Waals surface area contributed by atoms with Crippen molar-refractivity contribution < 1.29 is 24.2 Å². The third-order valence-corrected chi connectivity index (χ3v) is 6.85. The van der Waals surface area contributed by atoms with Gasteiger partial charge in [-0.05, 0) is 46.9 Å². The molecule has 2 aliphatic rings. The van der Waals surface area contributed by atoms with Gasteiger partial charge in [0.05, 0.1) is 0 Å². The summed E-state index contributed by atoms with van der Waals surface area (Å²) in [5, 5.41) is 12.0. The minimum atomic E-state index is -1.00. The summed E-state index contributed by atoms with van der Waals surface area (Å²) in [7, 11) is 0. The van der Waals surface area contributed by atoms with E-state index >= 15 is 0 Å². The molecule has 180 valence electrons. The molecule has 1 atom stereocenters. The molecule has 1 saturated carbocycles. The monoisotopic (exact) mass is 464 g/mol. The van der Waals surface area contributed by atoms with E-state index in [1.165, 1.54) is 16.0 Å². The van der Waals surface area contributed by atoms with Crippen molar-refractivity contribution in [2.45, 2.75) is 45.1 Å². The lowest BCUT2D eigenvalue weighted by Crippen LogP contribution is -2.41. The van der Waals surface area contributed by atoms with E-state index in [9.17, 15) is 14.4 Å². The number of fused-ring (bicyclic) bond motifs is 3. The summed E-state index contributed by atoms with van der Waals surface area (Å²) in [4.78, 5) is 37.9. The van der Waals surface area contributed by atoms with Gasteiger partial charge in [-0.3, -0.25) is 9.59 Å². The van der Waals surface area contributed by atoms with Gasteiger partial charge in [-0.1, -0.05) is 62.4 Å². The predicted molar refractivity (Wildman–Crippen MR) is 128 cm³/mol. The molecule has 7 heteroatoms. The highest BCUT2D eigenvalue weighted by molar-refractivity contribution is 5.82. The SMILES string of the molecule is CC(C)C(CNC(=O)OCC1c2ccccc2-c2ccccc21)CC(=O)N(CC(=O)O)C1CC1. The molecule has 34 heavy (non-hydrogen) atoms. The number of alkyl carbamates (subject to hydrolysis) is 1. The van der Waals surface area contributed by atoms with E-state index in [1.54, 1.807) is 0 Å². The Balaban J connectivity index is 1.32. The zero-order valence-electron chi connectivity index (χ0n) is 19.7. The molecule has 4 rings (SSSR count). The van der Waals surface area contributed by atoms with Crippen molar-refractivity contribution in [3.63, 3.8) is 0 Å². The molecule has 1 fully saturated rings. The quantitative estimate of drug-likeness (QED) is 0.548. The van der Waals surface area contributed by atoms with E-state index in [-0.39, 0.29) is 49.3 Å². The zero-order valence-corrected chi connectivity index (χ0v) is 19.7. The molecule has 2 N–H and O–H groups in total. The second kappa shape index (κ2) is 10.3. The van der Waals surface area contributed by atoms with Crippen LogP contribution in [0.5, 0.6) is 0 Å². The number of amides is 2. The molecule has 0 aliphatic heterocycles. The van der Waals surface area contributed by atoms with E-state index in [1.807, 2.05) is 38.1 Å². The van der Waals surface area contributed by atoms with Crippen LogP contribution in [0.1, 0.15) is 50.2 Å². The van der Waals surface area contributed by atoms with E-state index in [0.29, 0.717) is 6.54 Å². The first-order valence-corrected chi connectivity index (χ1v) is 11.9. The fourth-order valence-electron chi connectivity index (χ4n) is 4.70. The fraction of sp³-hybridized carbons (Fsp3) is 0.444. The van der Waals surface area contributed by atoms with Gasteiger partial charge in [-0.2, -0.15) is 0 Å². The maximum Gasteiger partial charge on any atom is 0.407 e. The van der Waals surface area contributed by atoms with Gasteiger partial charge in [-0.25, -0.2) is 4.79 Å². The van der Waals surface area contributed by atoms with Crippen molar-refractivity contribution >= 4 is 18.0 Å². The fourth-order valence-corrected chi connectivity index (χ4v) is 4.70. The molecule has 7 nitrogen and oxygen atoms in total. The number of nitrogens with one attached hydrogen (secondary N) is 1. The Morgan fingerprint density at radius 2 is 1.62 bits per heavy atom. The van der Waals surface area contributed by atoms with Crippen LogP contribution >= 0.6 is 0 Å². The molecule has 1 unspecified atom stereocenters. The highest BCUT2D eigenvalue weighted by atomic mass is 16.5. The predicted octanol–water partition coefficient (Wildman–Crippen LogP) is 4.26. The average molecular weight is 465 g/mol. The number of carboxylic acid groups (broad SMARTS) is 1. The Morgan fingerprint density at radius 3 is 2.15 bits per heavy atom. The molecule has 0 aromatic heterocycles. The van der Waals surface area contributed by atoms with Gasteiger partial charge in [-0.15, -0.1) is 0 Å². The highest BCUT2D eigenvalue weighted by Crippen LogP contribution is 2.44. The molecule has 0 heterocycles. The minimum absolute atomic E-state index is 0.0104. The van der Waals surface area contributed by atoms with Crippen molar-refractivity contribution in [1.82, 2.24) is 10.2 Å². The summed E-state index contributed by atoms with van der Waals surface area (Å²) in [6, 6.07) is 16.4. The van der Waals surface area contributed by atoms with E-state index < -0.39 is 12.1 Å². The number of carboxylic acids is 1. The molecule has 0 spiro atoms. The van der Waals surface area contributed by atoms with Crippen LogP contribution in [0.15, 0.2) is 48.5 Å². The van der Waals surface area contributed by atoms with Crippen molar-refractivity contribution in [3.05, 3.63) is 59.7 Å². The minimum Gasteiger partial charge on any atom is -0.480 e. The zero-order chi connectivity index (χ0) is 24.2. The van der Waals surface area contributed by atoms with Crippen molar-refractivity contribution in [1.29, 1.82) is 0 Å². The first-order valence-electron chi connectivity index (χ1n) is 11.9. The standard InChI is InChI=1S/C27H32N2O5/c1-17(2)18(13-25(30)29(15-26(31)32)19-11-12-19)14-28-27(33)34-16-24-22-9-5-3-7-20(22)21-8-4-6-10-23(21)24/h3-10,17-19,24H,11-16H2,1-2H3,(H,28,33)(H,31,32). The number of hydrogen-bond acceptors (Lipinski definition) is 4. The van der Waals surface area contributed by atoms with E-state index in [2.05, 4.69) is 29.6 Å². The van der Waals surface area contributed by atoms with Crippen LogP contribution in [0.4, 0.5) is 4.79 Å². The lowest BCUT2D eigenvalue weighted by molar-refractivity contribution is -0.145. The Bertz CT molecular complexity index is 1020. The van der Waals surface area contributed by atoms with E-state index in [4.69, 9.17) is 9.84 Å². The van der Waals surface area contributed by atoms with Crippen LogP contribution in [-0.4, -0.2) is 53.7 Å². The maximum atomic E-state index is 12.8. The number of rotatable bonds is 10. The lowest BCUT2D eigenvalue weighted by atomic mass is 9.92. The molecular weight excluding hydrogens is 432 g/mol. The summed E-state index contributed by atoms with van der Waals surface area (Å²) in [6.45, 7) is 4.25. The first kappa shape index (κ1) is 23.8. The number of nitrogens with zero attached hydrogens (tertiary/aromatic N) is 1. The number of carbonyl (C=O) groups is 3. The summed E-state index contributed by atoms with van der Waals surface area (Å²) in [5.74, 6) is -1.15. The van der Waals surface area contributed by atoms with Gasteiger partial charge in [0, 0.05) is 24.9 Å². The lowest BCUT2D eigenvalue weighted by Gasteiger charge is -2.26. The van der Waals surface area contributed by atoms with Crippen molar-refractivity contribution in [2.24, 2.45) is 11.8 Å². The number of ether oxygens (including phenoxy) is 1. The van der Waals surface area contributed by atoms with Crippen LogP contribution in [0.2, 0.25) is 0 Å². The maximum absolute atomic E-state index is 12.8. The summed E-state index contributed by atoms with van der Waals surface area (Å²) in [5.41, 5.74) is 4.65. The number of aliphatic carboxylic acids is 1. The van der Waals surface area contributed by atoms with Gasteiger partial charge in [0.2, 0.25) is 5.91 Å². The third kappa shape index (κ3) is 5.41. The van der Waals surface area contributed by atoms with Crippen LogP contribution in [0.25, 0.3) is 11.1 Å². The van der Waals surface area contributed by atoms with Gasteiger partial charge in [0.15, 0.2) is 0 Å². The highest BCUT2D eigenvalue weighted by Gasteiger charge is 2.35. The third-order valence-electron chi connectivity index (χ3n) is 6.85. The number of benzene rings is 2. The first-order chi connectivity index (χ1) is 16.3. The largest absolute Gasteiger partial charge is 0.480 e. The summed E-state index contributed by atoms with van der Waals surface area (Å²) < 4.78 is 5.60. The average Bonchev–Trinajstić information content (AvgIpc) is 3.61. The summed E-state index contributed by atoms with van der Waals surface area (Å²) in [6.07, 6.45) is 1.39. The smallest absolute Gasteiger partial charge is 0.407 e. The van der Waals surface area contributed by atoms with E-state index in [0.717, 1.165) is 24.0 Å². The van der Waals surface area contributed by atoms with Crippen molar-refractivity contribution in [2.75, 3.05) is 19.7 Å². The second-order valence-corrected chi connectivity index (χ2v) is 9.56. The van der Waals surface area contributed by atoms with Crippen LogP contribution in [-0.2, 0) is 14.3 Å². The van der Waals surface area contributed by atoms with Gasteiger partial charge < -0.3 is 20.1 Å². The van der Waals surface area contributed by atoms with Crippen LogP contribution in [0.3, 0.4) is 0 Å². The number of carbonyl (C=O) groups excluding carboxylic acids is 2. The Morgan fingerprint density at radius 1 is 1.03 bits per heavy atom. The Hall–Kier alpha value is -3.35. The molecule has 0 radical (unpaired) electrons. The summed E-state index contributed by atoms with van der Waals surface area (Å²) >= 11 is 0. The normalized spacial score (nSPS) is 15.4. The topological polar surface area (TPSA) is 95.9 Å². The number of hydrogen-bond donors (Lipinski definition) is 2. The Labute approximate surface area is 200 Å². The van der Waals surface area contributed by atoms with Crippen LogP contribution in [0, 0.1) is 11.8 Å². The molecule has 2 aliphatic carbocycles. The molecular formula is C27H32N2O5. The van der Waals surface area contributed by atoms with Crippen molar-refractivity contribution in [3.8, 4) is 11.1 Å². The molecule has 0 bridgehead atoms. The van der Waals surface area contributed by atoms with Gasteiger partial charge >= 0.3 is 12.1 Å². The van der Waals surface area contributed by atoms with Gasteiger partial charge in [0.1, 0.15) is 13.2 Å². The molecule has 2 aromatic carbocycles. The second-order valence-electron chi connectivity index (χ2n) is 9.56. The Kier molecular flexibility index (Phi) is 7.20. The molecule has 2 amide bonds. The molecule has 2 aromatic rings. The molecule has 0 saturated heterocycles. The van der Waals surface area contributed by atoms with Crippen LogP contribution < -0.4 is 5.32 Å². The van der Waals surface area contributed by atoms with Gasteiger partial charge in [0.25, 0.3) is 0 Å².